The van der Waals surface area contributed by atoms with Crippen LogP contribution >= 0.6 is 0 Å². The van der Waals surface area contributed by atoms with Crippen LogP contribution in [0.5, 0.6) is 0 Å². The van der Waals surface area contributed by atoms with Crippen LogP contribution in [-0.4, -0.2) is 42.8 Å². The second-order valence-corrected chi connectivity index (χ2v) is 9.47. The molecular weight excluding hydrogens is 402 g/mol. The van der Waals surface area contributed by atoms with Crippen molar-refractivity contribution in [2.45, 2.75) is 64.2 Å². The summed E-state index contributed by atoms with van der Waals surface area (Å²) < 4.78 is 1.90. The maximum Gasteiger partial charge on any atom is 0.291 e. The second kappa shape index (κ2) is 8.04. The molecule has 1 fully saturated rings. The van der Waals surface area contributed by atoms with Crippen molar-refractivity contribution in [2.75, 3.05) is 0 Å². The molecule has 32 heavy (non-hydrogen) atoms. The standard InChI is InChI=1S/C25H29N5O2/c1-17-9-11-19(12-10-17)27-24(32)25(2)16-29-21-8-4-3-7-20(21)28-22(29)23(31)30(25)15-18-6-5-13-26-14-18/h3-8,13-14,17,19H,9-12,15-16H2,1-2H3,(H,27,32)/t17?,19?,25-/m1/s1. The number of fused-ring (bicyclic) bond motifs is 3. The molecule has 1 aliphatic heterocycles. The summed E-state index contributed by atoms with van der Waals surface area (Å²) in [6, 6.07) is 11.6. The lowest BCUT2D eigenvalue weighted by molar-refractivity contribution is -0.134. The molecule has 0 radical (unpaired) electrons. The van der Waals surface area contributed by atoms with Gasteiger partial charge in [-0.2, -0.15) is 0 Å². The highest BCUT2D eigenvalue weighted by atomic mass is 16.2. The molecule has 0 bridgehead atoms. The van der Waals surface area contributed by atoms with E-state index < -0.39 is 5.54 Å². The number of carbonyl (C=O) groups is 2. The van der Waals surface area contributed by atoms with Crippen LogP contribution in [0.1, 0.15) is 55.7 Å². The molecule has 1 N–H and O–H groups in total. The topological polar surface area (TPSA) is 80.1 Å². The van der Waals surface area contributed by atoms with Gasteiger partial charge in [0.25, 0.3) is 5.91 Å². The first-order chi connectivity index (χ1) is 15.5. The summed E-state index contributed by atoms with van der Waals surface area (Å²) >= 11 is 0. The largest absolute Gasteiger partial charge is 0.351 e. The van der Waals surface area contributed by atoms with Crippen LogP contribution in [0.15, 0.2) is 48.8 Å². The fourth-order valence-corrected chi connectivity index (χ4v) is 5.00. The molecule has 7 heteroatoms. The van der Waals surface area contributed by atoms with Gasteiger partial charge in [-0.15, -0.1) is 0 Å². The molecule has 0 unspecified atom stereocenters. The van der Waals surface area contributed by atoms with Gasteiger partial charge in [0.1, 0.15) is 5.54 Å². The summed E-state index contributed by atoms with van der Waals surface area (Å²) in [5, 5.41) is 3.27. The number of imidazole rings is 1. The zero-order chi connectivity index (χ0) is 22.3. The van der Waals surface area contributed by atoms with Gasteiger partial charge in [-0.1, -0.05) is 25.1 Å². The highest BCUT2D eigenvalue weighted by molar-refractivity contribution is 6.01. The Morgan fingerprint density at radius 1 is 1.16 bits per heavy atom. The third kappa shape index (κ3) is 3.55. The number of rotatable bonds is 4. The van der Waals surface area contributed by atoms with Crippen molar-refractivity contribution in [1.29, 1.82) is 0 Å². The third-order valence-corrected chi connectivity index (χ3v) is 7.06. The highest BCUT2D eigenvalue weighted by Gasteiger charge is 2.48. The van der Waals surface area contributed by atoms with Crippen molar-refractivity contribution in [3.8, 4) is 0 Å². The van der Waals surface area contributed by atoms with Crippen molar-refractivity contribution in [2.24, 2.45) is 5.92 Å². The Hall–Kier alpha value is -3.22. The van der Waals surface area contributed by atoms with E-state index in [1.54, 1.807) is 17.3 Å². The van der Waals surface area contributed by atoms with Gasteiger partial charge in [0.2, 0.25) is 5.91 Å². The minimum atomic E-state index is -1.04. The van der Waals surface area contributed by atoms with Crippen molar-refractivity contribution < 1.29 is 9.59 Å². The van der Waals surface area contributed by atoms with Crippen molar-refractivity contribution in [3.05, 3.63) is 60.2 Å². The zero-order valence-electron chi connectivity index (χ0n) is 18.6. The Labute approximate surface area is 187 Å². The average molecular weight is 432 g/mol. The molecular formula is C25H29N5O2. The van der Waals surface area contributed by atoms with E-state index in [1.807, 2.05) is 47.9 Å². The summed E-state index contributed by atoms with van der Waals surface area (Å²) in [5.74, 6) is 0.757. The van der Waals surface area contributed by atoms with Crippen LogP contribution in [0.3, 0.4) is 0 Å². The lowest BCUT2D eigenvalue weighted by Gasteiger charge is -2.44. The number of para-hydroxylation sites is 2. The second-order valence-electron chi connectivity index (χ2n) is 9.47. The number of carbonyl (C=O) groups excluding carboxylic acids is 2. The van der Waals surface area contributed by atoms with Crippen LogP contribution < -0.4 is 5.32 Å². The predicted octanol–water partition coefficient (Wildman–Crippen LogP) is 3.54. The number of benzene rings is 1. The quantitative estimate of drug-likeness (QED) is 0.685. The molecule has 1 saturated carbocycles. The SMILES string of the molecule is CC1CCC(NC(=O)[C@@]2(C)Cn3c(nc4ccccc43)C(=O)N2Cc2cccnc2)CC1. The van der Waals surface area contributed by atoms with Gasteiger partial charge in [-0.05, 0) is 62.3 Å². The normalized spacial score (nSPS) is 25.6. The fourth-order valence-electron chi connectivity index (χ4n) is 5.00. The molecule has 2 aliphatic rings. The van der Waals surface area contributed by atoms with E-state index in [1.165, 1.54) is 0 Å². The summed E-state index contributed by atoms with van der Waals surface area (Å²) in [6.45, 7) is 4.81. The zero-order valence-corrected chi connectivity index (χ0v) is 18.6. The van der Waals surface area contributed by atoms with Crippen LogP contribution in [0.25, 0.3) is 11.0 Å². The number of nitrogens with one attached hydrogen (secondary N) is 1. The fraction of sp³-hybridized carbons (Fsp3) is 0.440. The molecule has 1 atom stereocenters. The minimum Gasteiger partial charge on any atom is -0.351 e. The van der Waals surface area contributed by atoms with Crippen molar-refractivity contribution >= 4 is 22.8 Å². The first-order valence-corrected chi connectivity index (χ1v) is 11.4. The lowest BCUT2D eigenvalue weighted by Crippen LogP contribution is -2.64. The van der Waals surface area contributed by atoms with E-state index >= 15 is 0 Å². The van der Waals surface area contributed by atoms with E-state index in [9.17, 15) is 9.59 Å². The molecule has 3 aromatic rings. The van der Waals surface area contributed by atoms with Crippen LogP contribution in [0.2, 0.25) is 0 Å². The highest BCUT2D eigenvalue weighted by Crippen LogP contribution is 2.32. The van der Waals surface area contributed by atoms with Gasteiger partial charge in [0.05, 0.1) is 17.6 Å². The van der Waals surface area contributed by atoms with E-state index in [2.05, 4.69) is 22.2 Å². The van der Waals surface area contributed by atoms with Gasteiger partial charge in [-0.3, -0.25) is 14.6 Å². The summed E-state index contributed by atoms with van der Waals surface area (Å²) in [6.07, 6.45) is 7.66. The first kappa shape index (κ1) is 20.7. The average Bonchev–Trinajstić information content (AvgIpc) is 3.17. The number of nitrogens with zero attached hydrogens (tertiary/aromatic N) is 4. The van der Waals surface area contributed by atoms with Gasteiger partial charge in [0, 0.05) is 25.0 Å². The molecule has 2 amide bonds. The van der Waals surface area contributed by atoms with Crippen LogP contribution in [0.4, 0.5) is 0 Å². The van der Waals surface area contributed by atoms with Gasteiger partial charge < -0.3 is 14.8 Å². The Balaban J connectivity index is 1.52. The van der Waals surface area contributed by atoms with Crippen LogP contribution in [-0.2, 0) is 17.9 Å². The van der Waals surface area contributed by atoms with E-state index in [-0.39, 0.29) is 17.9 Å². The molecule has 3 heterocycles. The molecule has 7 nitrogen and oxygen atoms in total. The Bertz CT molecular complexity index is 1150. The smallest absolute Gasteiger partial charge is 0.291 e. The molecule has 0 saturated heterocycles. The molecule has 1 aliphatic carbocycles. The van der Waals surface area contributed by atoms with Gasteiger partial charge in [0.15, 0.2) is 5.82 Å². The number of hydrogen-bond donors (Lipinski definition) is 1. The van der Waals surface area contributed by atoms with Gasteiger partial charge in [-0.25, -0.2) is 4.98 Å². The molecule has 166 valence electrons. The number of amides is 2. The Kier molecular flexibility index (Phi) is 5.19. The predicted molar refractivity (Wildman–Crippen MR) is 122 cm³/mol. The maximum atomic E-state index is 13.7. The molecule has 2 aromatic heterocycles. The number of hydrogen-bond acceptors (Lipinski definition) is 4. The molecule has 5 rings (SSSR count). The molecule has 0 spiro atoms. The van der Waals surface area contributed by atoms with E-state index in [4.69, 9.17) is 0 Å². The monoisotopic (exact) mass is 431 g/mol. The van der Waals surface area contributed by atoms with Crippen LogP contribution in [0, 0.1) is 5.92 Å². The lowest BCUT2D eigenvalue weighted by atomic mass is 9.86. The van der Waals surface area contributed by atoms with Crippen molar-refractivity contribution in [1.82, 2.24) is 24.8 Å². The molecule has 1 aromatic carbocycles. The van der Waals surface area contributed by atoms with Gasteiger partial charge >= 0.3 is 0 Å². The van der Waals surface area contributed by atoms with E-state index in [0.717, 1.165) is 42.3 Å². The first-order valence-electron chi connectivity index (χ1n) is 11.4. The number of pyridine rings is 1. The summed E-state index contributed by atoms with van der Waals surface area (Å²) in [5.41, 5.74) is 1.49. The summed E-state index contributed by atoms with van der Waals surface area (Å²) in [4.78, 5) is 37.9. The summed E-state index contributed by atoms with van der Waals surface area (Å²) in [7, 11) is 0. The number of aromatic nitrogens is 3. The minimum absolute atomic E-state index is 0.0993. The van der Waals surface area contributed by atoms with Crippen molar-refractivity contribution in [3.63, 3.8) is 0 Å². The maximum absolute atomic E-state index is 13.7. The Morgan fingerprint density at radius 3 is 2.69 bits per heavy atom. The third-order valence-electron chi connectivity index (χ3n) is 7.06. The van der Waals surface area contributed by atoms with E-state index in [0.29, 0.717) is 24.8 Å². The Morgan fingerprint density at radius 2 is 1.94 bits per heavy atom.